The van der Waals surface area contributed by atoms with Crippen LogP contribution in [-0.2, 0) is 4.79 Å². The largest absolute Gasteiger partial charge is 0.340 e. The zero-order chi connectivity index (χ0) is 19.2. The van der Waals surface area contributed by atoms with Crippen LogP contribution in [0.5, 0.6) is 0 Å². The van der Waals surface area contributed by atoms with E-state index < -0.39 is 0 Å². The van der Waals surface area contributed by atoms with Crippen LogP contribution in [0.25, 0.3) is 10.9 Å². The predicted octanol–water partition coefficient (Wildman–Crippen LogP) is 4.42. The molecular formula is C20H16BrN5O. The molecule has 0 aliphatic carbocycles. The lowest BCUT2D eigenvalue weighted by molar-refractivity contribution is -0.111. The number of anilines is 3. The molecular weight excluding hydrogens is 406 g/mol. The number of benzene rings is 1. The second-order valence-electron chi connectivity index (χ2n) is 5.57. The summed E-state index contributed by atoms with van der Waals surface area (Å²) in [6.07, 6.45) is 12.6. The molecule has 0 spiro atoms. The number of rotatable bonds is 5. The van der Waals surface area contributed by atoms with Crippen molar-refractivity contribution in [3.05, 3.63) is 59.0 Å². The molecule has 0 radical (unpaired) electrons. The van der Waals surface area contributed by atoms with E-state index in [1.807, 2.05) is 25.1 Å². The van der Waals surface area contributed by atoms with Gasteiger partial charge in [-0.2, -0.15) is 0 Å². The fourth-order valence-corrected chi connectivity index (χ4v) is 2.73. The van der Waals surface area contributed by atoms with E-state index in [0.29, 0.717) is 17.2 Å². The Labute approximate surface area is 165 Å². The molecule has 0 unspecified atom stereocenters. The fourth-order valence-electron chi connectivity index (χ4n) is 2.37. The molecule has 2 heterocycles. The number of pyridine rings is 1. The molecule has 0 aliphatic rings. The van der Waals surface area contributed by atoms with Gasteiger partial charge in [-0.25, -0.2) is 15.0 Å². The summed E-state index contributed by atoms with van der Waals surface area (Å²) in [5, 5.41) is 6.70. The van der Waals surface area contributed by atoms with E-state index in [1.165, 1.54) is 12.4 Å². The molecule has 2 N–H and O–H groups in total. The van der Waals surface area contributed by atoms with Crippen molar-refractivity contribution in [3.63, 3.8) is 0 Å². The van der Waals surface area contributed by atoms with Crippen LogP contribution >= 0.6 is 15.9 Å². The number of hydrogen-bond acceptors (Lipinski definition) is 5. The van der Waals surface area contributed by atoms with E-state index >= 15 is 0 Å². The number of carbonyl (C=O) groups is 1. The minimum absolute atomic E-state index is 0.235. The fraction of sp³-hybridized carbons (Fsp3) is 0.100. The minimum atomic E-state index is -0.235. The second-order valence-corrected chi connectivity index (χ2v) is 6.43. The van der Waals surface area contributed by atoms with E-state index in [4.69, 9.17) is 6.42 Å². The minimum Gasteiger partial charge on any atom is -0.340 e. The number of hydrogen-bond donors (Lipinski definition) is 2. The Morgan fingerprint density at radius 3 is 2.93 bits per heavy atom. The molecule has 0 saturated heterocycles. The van der Waals surface area contributed by atoms with Gasteiger partial charge in [-0.15, -0.1) is 6.42 Å². The molecule has 0 saturated carbocycles. The summed E-state index contributed by atoms with van der Waals surface area (Å²) in [5.41, 5.74) is 2.18. The van der Waals surface area contributed by atoms with Crippen LogP contribution < -0.4 is 10.6 Å². The zero-order valence-electron chi connectivity index (χ0n) is 14.5. The average Bonchev–Trinajstić information content (AvgIpc) is 2.68. The van der Waals surface area contributed by atoms with Crippen molar-refractivity contribution in [3.8, 4) is 12.3 Å². The molecule has 134 valence electrons. The maximum Gasteiger partial charge on any atom is 0.249 e. The van der Waals surface area contributed by atoms with Crippen LogP contribution in [0.15, 0.2) is 53.4 Å². The van der Waals surface area contributed by atoms with Crippen LogP contribution in [0.1, 0.15) is 18.9 Å². The van der Waals surface area contributed by atoms with Gasteiger partial charge in [0.25, 0.3) is 0 Å². The molecule has 6 nitrogen and oxygen atoms in total. The number of fused-ring (bicyclic) bond motifs is 1. The third-order valence-electron chi connectivity index (χ3n) is 3.66. The third-order valence-corrected chi connectivity index (χ3v) is 4.35. The molecule has 3 rings (SSSR count). The van der Waals surface area contributed by atoms with E-state index in [2.05, 4.69) is 47.4 Å². The highest BCUT2D eigenvalue weighted by Gasteiger charge is 2.08. The smallest absolute Gasteiger partial charge is 0.249 e. The average molecular weight is 422 g/mol. The van der Waals surface area contributed by atoms with Gasteiger partial charge in [0, 0.05) is 21.1 Å². The first-order valence-corrected chi connectivity index (χ1v) is 9.01. The lowest BCUT2D eigenvalue weighted by Gasteiger charge is -2.10. The standard InChI is InChI=1S/C20H16BrN5O/c1-3-5-6-19(27)26-18-10-15-17(11-22-18)23-12-24-20(15)25-14-7-8-16(21)13(4-2)9-14/h2,5-12H,3H2,1H3,(H,22,26,27)(H,23,24,25)/b6-5+. The van der Waals surface area contributed by atoms with Crippen LogP contribution in [0.3, 0.4) is 0 Å². The van der Waals surface area contributed by atoms with Crippen molar-refractivity contribution in [1.82, 2.24) is 15.0 Å². The molecule has 27 heavy (non-hydrogen) atoms. The van der Waals surface area contributed by atoms with Crippen molar-refractivity contribution >= 4 is 50.1 Å². The topological polar surface area (TPSA) is 79.8 Å². The Bertz CT molecular complexity index is 1070. The number of allylic oxidation sites excluding steroid dienone is 1. The monoisotopic (exact) mass is 421 g/mol. The van der Waals surface area contributed by atoms with Gasteiger partial charge in [0.05, 0.1) is 11.7 Å². The van der Waals surface area contributed by atoms with E-state index in [9.17, 15) is 4.79 Å². The van der Waals surface area contributed by atoms with E-state index in [-0.39, 0.29) is 5.91 Å². The normalized spacial score (nSPS) is 10.7. The zero-order valence-corrected chi connectivity index (χ0v) is 16.1. The van der Waals surface area contributed by atoms with Gasteiger partial charge in [0.2, 0.25) is 5.91 Å². The molecule has 0 atom stereocenters. The van der Waals surface area contributed by atoms with Crippen molar-refractivity contribution in [1.29, 1.82) is 0 Å². The predicted molar refractivity (Wildman–Crippen MR) is 111 cm³/mol. The molecule has 0 aliphatic heterocycles. The Morgan fingerprint density at radius 1 is 1.30 bits per heavy atom. The van der Waals surface area contributed by atoms with Crippen molar-refractivity contribution in [2.45, 2.75) is 13.3 Å². The van der Waals surface area contributed by atoms with Gasteiger partial charge in [-0.3, -0.25) is 4.79 Å². The van der Waals surface area contributed by atoms with Crippen LogP contribution in [0, 0.1) is 12.3 Å². The highest BCUT2D eigenvalue weighted by molar-refractivity contribution is 9.10. The highest BCUT2D eigenvalue weighted by Crippen LogP contribution is 2.26. The molecule has 1 aromatic carbocycles. The number of nitrogens with one attached hydrogen (secondary N) is 2. The number of halogens is 1. The van der Waals surface area contributed by atoms with Gasteiger partial charge in [0.15, 0.2) is 0 Å². The van der Waals surface area contributed by atoms with Gasteiger partial charge < -0.3 is 10.6 Å². The van der Waals surface area contributed by atoms with E-state index in [0.717, 1.165) is 27.5 Å². The van der Waals surface area contributed by atoms with Crippen LogP contribution in [0.4, 0.5) is 17.3 Å². The summed E-state index contributed by atoms with van der Waals surface area (Å²) in [6, 6.07) is 7.33. The van der Waals surface area contributed by atoms with Gasteiger partial charge in [0.1, 0.15) is 18.0 Å². The molecule has 1 amide bonds. The molecule has 3 aromatic rings. The van der Waals surface area contributed by atoms with Crippen LogP contribution in [0.2, 0.25) is 0 Å². The van der Waals surface area contributed by atoms with Crippen molar-refractivity contribution in [2.75, 3.05) is 10.6 Å². The Kier molecular flexibility index (Phi) is 5.79. The number of terminal acetylenes is 1. The van der Waals surface area contributed by atoms with E-state index in [1.54, 1.807) is 18.3 Å². The van der Waals surface area contributed by atoms with Gasteiger partial charge in [-0.05, 0) is 52.7 Å². The molecule has 7 heteroatoms. The third kappa shape index (κ3) is 4.49. The lowest BCUT2D eigenvalue weighted by Crippen LogP contribution is -2.09. The van der Waals surface area contributed by atoms with Gasteiger partial charge in [-0.1, -0.05) is 18.9 Å². The maximum absolute atomic E-state index is 11.9. The maximum atomic E-state index is 11.9. The summed E-state index contributed by atoms with van der Waals surface area (Å²) in [5.74, 6) is 3.40. The quantitative estimate of drug-likeness (QED) is 0.470. The number of carbonyl (C=O) groups excluding carboxylic acids is 1. The summed E-state index contributed by atoms with van der Waals surface area (Å²) in [6.45, 7) is 1.96. The van der Waals surface area contributed by atoms with Gasteiger partial charge >= 0.3 is 0 Å². The first-order chi connectivity index (χ1) is 13.1. The first kappa shape index (κ1) is 18.5. The molecule has 0 fully saturated rings. The number of aromatic nitrogens is 3. The second kappa shape index (κ2) is 8.43. The molecule has 0 bridgehead atoms. The lowest BCUT2D eigenvalue weighted by atomic mass is 10.2. The summed E-state index contributed by atoms with van der Waals surface area (Å²) < 4.78 is 0.845. The van der Waals surface area contributed by atoms with Crippen molar-refractivity contribution < 1.29 is 4.79 Å². The van der Waals surface area contributed by atoms with Crippen LogP contribution in [-0.4, -0.2) is 20.9 Å². The summed E-state index contributed by atoms with van der Waals surface area (Å²) >= 11 is 3.42. The van der Waals surface area contributed by atoms with Crippen molar-refractivity contribution in [2.24, 2.45) is 0 Å². The Morgan fingerprint density at radius 2 is 2.15 bits per heavy atom. The number of nitrogens with zero attached hydrogens (tertiary/aromatic N) is 3. The Hall–Kier alpha value is -3.24. The summed E-state index contributed by atoms with van der Waals surface area (Å²) in [4.78, 5) is 24.6. The first-order valence-electron chi connectivity index (χ1n) is 8.22. The number of amides is 1. The Balaban J connectivity index is 1.93. The molecule has 2 aromatic heterocycles. The SMILES string of the molecule is C#Cc1cc(Nc2ncnc3cnc(NC(=O)/C=C/CC)cc23)ccc1Br. The summed E-state index contributed by atoms with van der Waals surface area (Å²) in [7, 11) is 0. The highest BCUT2D eigenvalue weighted by atomic mass is 79.9.